The van der Waals surface area contributed by atoms with Gasteiger partial charge < -0.3 is 9.84 Å². The van der Waals surface area contributed by atoms with E-state index in [0.717, 1.165) is 11.1 Å². The van der Waals surface area contributed by atoms with Gasteiger partial charge in [-0.1, -0.05) is 11.6 Å². The van der Waals surface area contributed by atoms with Gasteiger partial charge in [0.25, 0.3) is 6.36 Å². The molecule has 1 unspecified atom stereocenters. The zero-order valence-corrected chi connectivity index (χ0v) is 10.0. The monoisotopic (exact) mass is 256 g/mol. The molecule has 0 spiro atoms. The Morgan fingerprint density at radius 3 is 2.76 bits per heavy atom. The number of aryl methyl sites for hydroxylation is 1. The molecule has 3 nitrogen and oxygen atoms in total. The molecule has 0 fully saturated rings. The molecule has 90 valence electrons. The fourth-order valence-electron chi connectivity index (χ4n) is 1.72. The van der Waals surface area contributed by atoms with Crippen LogP contribution in [0.4, 0.5) is 4.39 Å². The normalized spacial score (nSPS) is 18.1. The Hall–Kier alpha value is -1.55. The molecule has 0 saturated heterocycles. The van der Waals surface area contributed by atoms with E-state index in [2.05, 4.69) is 0 Å². The summed E-state index contributed by atoms with van der Waals surface area (Å²) in [5, 5.41) is 9.13. The highest BCUT2D eigenvalue weighted by Crippen LogP contribution is 2.39. The van der Waals surface area contributed by atoms with Crippen LogP contribution in [0.5, 0.6) is 5.75 Å². The SMILES string of the molecule is Cc1cc(Cl)c2c(c1C)C=C(C(=O)O)C(F)O2. The summed E-state index contributed by atoms with van der Waals surface area (Å²) in [5.74, 6) is -1.13. The molecule has 17 heavy (non-hydrogen) atoms. The summed E-state index contributed by atoms with van der Waals surface area (Å²) in [6.07, 6.45) is -0.709. The van der Waals surface area contributed by atoms with Gasteiger partial charge in [0.15, 0.2) is 0 Å². The third-order valence-corrected chi connectivity index (χ3v) is 3.09. The molecule has 1 aromatic rings. The van der Waals surface area contributed by atoms with E-state index < -0.39 is 17.9 Å². The number of rotatable bonds is 1. The van der Waals surface area contributed by atoms with Crippen LogP contribution in [0.1, 0.15) is 16.7 Å². The number of carbonyl (C=O) groups is 1. The summed E-state index contributed by atoms with van der Waals surface area (Å²) in [7, 11) is 0. The highest BCUT2D eigenvalue weighted by Gasteiger charge is 2.29. The average molecular weight is 257 g/mol. The van der Waals surface area contributed by atoms with Crippen molar-refractivity contribution in [1.29, 1.82) is 0 Å². The maximum Gasteiger partial charge on any atom is 0.338 e. The van der Waals surface area contributed by atoms with Crippen LogP contribution in [-0.4, -0.2) is 17.4 Å². The number of ether oxygens (including phenoxy) is 1. The topological polar surface area (TPSA) is 46.5 Å². The Morgan fingerprint density at radius 1 is 1.53 bits per heavy atom. The molecule has 0 amide bonds. The summed E-state index contributed by atoms with van der Waals surface area (Å²) in [6.45, 7) is 3.65. The molecule has 0 aliphatic carbocycles. The van der Waals surface area contributed by atoms with Crippen LogP contribution in [0.15, 0.2) is 11.6 Å². The first-order valence-electron chi connectivity index (χ1n) is 4.97. The van der Waals surface area contributed by atoms with Crippen LogP contribution in [0, 0.1) is 13.8 Å². The number of aliphatic carboxylic acids is 1. The second-order valence-corrected chi connectivity index (χ2v) is 4.29. The number of carboxylic acid groups (broad SMARTS) is 1. The van der Waals surface area contributed by atoms with Crippen molar-refractivity contribution in [1.82, 2.24) is 0 Å². The quantitative estimate of drug-likeness (QED) is 0.840. The predicted molar refractivity (Wildman–Crippen MR) is 62.1 cm³/mol. The van der Waals surface area contributed by atoms with Crippen molar-refractivity contribution in [3.8, 4) is 5.75 Å². The van der Waals surface area contributed by atoms with Crippen molar-refractivity contribution in [2.75, 3.05) is 0 Å². The third kappa shape index (κ3) is 1.89. The van der Waals surface area contributed by atoms with E-state index in [4.69, 9.17) is 21.4 Å². The van der Waals surface area contributed by atoms with Crippen LogP contribution >= 0.6 is 11.6 Å². The fourth-order valence-corrected chi connectivity index (χ4v) is 2.03. The molecule has 0 saturated carbocycles. The van der Waals surface area contributed by atoms with Gasteiger partial charge in [-0.25, -0.2) is 4.79 Å². The van der Waals surface area contributed by atoms with E-state index in [1.165, 1.54) is 6.08 Å². The molecule has 1 heterocycles. The zero-order valence-electron chi connectivity index (χ0n) is 9.25. The van der Waals surface area contributed by atoms with Gasteiger partial charge in [0, 0.05) is 5.56 Å². The molecule has 0 bridgehead atoms. The molecule has 1 aliphatic heterocycles. The summed E-state index contributed by atoms with van der Waals surface area (Å²) >= 11 is 5.94. The average Bonchev–Trinajstić information content (AvgIpc) is 2.25. The van der Waals surface area contributed by atoms with E-state index in [1.54, 1.807) is 6.07 Å². The highest BCUT2D eigenvalue weighted by atomic mass is 35.5. The molecule has 5 heteroatoms. The molecule has 0 aromatic heterocycles. The first-order valence-corrected chi connectivity index (χ1v) is 5.35. The maximum atomic E-state index is 13.5. The minimum Gasteiger partial charge on any atom is -0.478 e. The van der Waals surface area contributed by atoms with Crippen LogP contribution in [0.3, 0.4) is 0 Å². The molecule has 1 aromatic carbocycles. The lowest BCUT2D eigenvalue weighted by molar-refractivity contribution is -0.134. The van der Waals surface area contributed by atoms with Crippen LogP contribution in [-0.2, 0) is 4.79 Å². The van der Waals surface area contributed by atoms with Crippen LogP contribution in [0.25, 0.3) is 6.08 Å². The summed E-state index contributed by atoms with van der Waals surface area (Å²) < 4.78 is 18.4. The van der Waals surface area contributed by atoms with E-state index in [-0.39, 0.29) is 10.8 Å². The smallest absolute Gasteiger partial charge is 0.338 e. The number of halogens is 2. The van der Waals surface area contributed by atoms with Gasteiger partial charge >= 0.3 is 5.97 Å². The minimum absolute atomic E-state index is 0.201. The van der Waals surface area contributed by atoms with E-state index in [0.29, 0.717) is 5.56 Å². The van der Waals surface area contributed by atoms with Gasteiger partial charge in [-0.3, -0.25) is 0 Å². The minimum atomic E-state index is -1.99. The number of alkyl halides is 1. The fraction of sp³-hybridized carbons (Fsp3) is 0.250. The van der Waals surface area contributed by atoms with Crippen molar-refractivity contribution in [2.24, 2.45) is 0 Å². The second-order valence-electron chi connectivity index (χ2n) is 3.88. The molecule has 2 rings (SSSR count). The van der Waals surface area contributed by atoms with Crippen molar-refractivity contribution < 1.29 is 19.0 Å². The van der Waals surface area contributed by atoms with Gasteiger partial charge in [-0.05, 0) is 37.1 Å². The summed E-state index contributed by atoms with van der Waals surface area (Å²) in [6, 6.07) is 1.67. The van der Waals surface area contributed by atoms with Gasteiger partial charge in [-0.15, -0.1) is 0 Å². The Morgan fingerprint density at radius 2 is 2.18 bits per heavy atom. The lowest BCUT2D eigenvalue weighted by Gasteiger charge is -2.22. The molecule has 0 radical (unpaired) electrons. The third-order valence-electron chi connectivity index (χ3n) is 2.81. The van der Waals surface area contributed by atoms with Crippen molar-refractivity contribution >= 4 is 23.6 Å². The Kier molecular flexibility index (Phi) is 2.83. The number of hydrogen-bond donors (Lipinski definition) is 1. The first-order chi connectivity index (χ1) is 7.91. The Balaban J connectivity index is 2.69. The first kappa shape index (κ1) is 11.9. The molecule has 1 aliphatic rings. The molecule has 1 atom stereocenters. The van der Waals surface area contributed by atoms with Gasteiger partial charge in [0.1, 0.15) is 11.3 Å². The lowest BCUT2D eigenvalue weighted by Crippen LogP contribution is -2.23. The molecular formula is C12H10ClFO3. The standard InChI is InChI=1S/C12H10ClFO3/c1-5-3-9(13)10-7(6(5)2)4-8(12(15)16)11(14)17-10/h3-4,11H,1-2H3,(H,15,16). The van der Waals surface area contributed by atoms with Gasteiger partial charge in [-0.2, -0.15) is 4.39 Å². The second kappa shape index (κ2) is 4.04. The van der Waals surface area contributed by atoms with E-state index in [9.17, 15) is 9.18 Å². The Bertz CT molecular complexity index is 537. The van der Waals surface area contributed by atoms with Gasteiger partial charge in [0.05, 0.1) is 5.02 Å². The number of hydrogen-bond acceptors (Lipinski definition) is 2. The number of carboxylic acids is 1. The zero-order chi connectivity index (χ0) is 12.7. The summed E-state index contributed by atoms with van der Waals surface area (Å²) in [4.78, 5) is 10.8. The number of fused-ring (bicyclic) bond motifs is 1. The van der Waals surface area contributed by atoms with Crippen molar-refractivity contribution in [3.63, 3.8) is 0 Å². The summed E-state index contributed by atoms with van der Waals surface area (Å²) in [5.41, 5.74) is 1.84. The predicted octanol–water partition coefficient (Wildman–Crippen LogP) is 3.11. The van der Waals surface area contributed by atoms with Crippen LogP contribution < -0.4 is 4.74 Å². The number of benzene rings is 1. The van der Waals surface area contributed by atoms with Crippen LogP contribution in [0.2, 0.25) is 5.02 Å². The van der Waals surface area contributed by atoms with Crippen molar-refractivity contribution in [3.05, 3.63) is 33.4 Å². The maximum absolute atomic E-state index is 13.5. The highest BCUT2D eigenvalue weighted by molar-refractivity contribution is 6.32. The van der Waals surface area contributed by atoms with Gasteiger partial charge in [0.2, 0.25) is 0 Å². The molecule has 1 N–H and O–H groups in total. The largest absolute Gasteiger partial charge is 0.478 e. The van der Waals surface area contributed by atoms with E-state index >= 15 is 0 Å². The Labute approximate surface area is 102 Å². The molecular weight excluding hydrogens is 247 g/mol. The van der Waals surface area contributed by atoms with Crippen molar-refractivity contribution in [2.45, 2.75) is 20.2 Å². The lowest BCUT2D eigenvalue weighted by atomic mass is 9.98. The van der Waals surface area contributed by atoms with E-state index in [1.807, 2.05) is 13.8 Å².